The maximum absolute atomic E-state index is 13.1. The number of ether oxygens (including phenoxy) is 1. The van der Waals surface area contributed by atoms with Crippen molar-refractivity contribution in [2.24, 2.45) is 0 Å². The van der Waals surface area contributed by atoms with E-state index in [2.05, 4.69) is 9.97 Å². The van der Waals surface area contributed by atoms with E-state index in [1.165, 1.54) is 30.3 Å². The number of anilines is 2. The molecule has 7 nitrogen and oxygen atoms in total. The monoisotopic (exact) mass is 486 g/mol. The zero-order chi connectivity index (χ0) is 24.0. The topological polar surface area (TPSA) is 78.5 Å². The van der Waals surface area contributed by atoms with Gasteiger partial charge in [-0.25, -0.2) is 14.7 Å². The smallest absolute Gasteiger partial charge is 0.416 e. The van der Waals surface area contributed by atoms with Crippen LogP contribution in [0.3, 0.4) is 0 Å². The summed E-state index contributed by atoms with van der Waals surface area (Å²) in [5.41, 5.74) is -0.146. The van der Waals surface area contributed by atoms with Crippen LogP contribution >= 0.6 is 11.6 Å². The van der Waals surface area contributed by atoms with E-state index in [0.717, 1.165) is 27.3 Å². The van der Waals surface area contributed by atoms with Crippen molar-refractivity contribution in [3.05, 3.63) is 77.6 Å². The number of amides is 3. The summed E-state index contributed by atoms with van der Waals surface area (Å²) in [6, 6.07) is 11.3. The molecule has 5 rings (SSSR count). The summed E-state index contributed by atoms with van der Waals surface area (Å²) in [6.45, 7) is -0.404. The normalized spacial score (nSPS) is 14.4. The van der Waals surface area contributed by atoms with Crippen LogP contribution in [-0.2, 0) is 11.0 Å². The quantitative estimate of drug-likeness (QED) is 0.359. The minimum Gasteiger partial charge on any atom is -0.455 e. The number of imide groups is 1. The zero-order valence-corrected chi connectivity index (χ0v) is 17.9. The van der Waals surface area contributed by atoms with Crippen LogP contribution in [0.5, 0.6) is 11.5 Å². The van der Waals surface area contributed by atoms with Crippen LogP contribution < -0.4 is 14.5 Å². The Morgan fingerprint density at radius 3 is 2.59 bits per heavy atom. The van der Waals surface area contributed by atoms with Gasteiger partial charge in [0.15, 0.2) is 0 Å². The largest absolute Gasteiger partial charge is 0.455 e. The fourth-order valence-corrected chi connectivity index (χ4v) is 3.88. The summed E-state index contributed by atoms with van der Waals surface area (Å²) >= 11 is 6.37. The second-order valence-corrected chi connectivity index (χ2v) is 7.82. The fraction of sp³-hybridized carbons (Fsp3) is 0.0870. The summed E-state index contributed by atoms with van der Waals surface area (Å²) in [5.74, 6) is 0.188. The van der Waals surface area contributed by atoms with Crippen LogP contribution in [0.2, 0.25) is 5.02 Å². The number of aromatic amines is 1. The van der Waals surface area contributed by atoms with Gasteiger partial charge in [0, 0.05) is 18.1 Å². The number of H-pyrrole nitrogens is 1. The summed E-state index contributed by atoms with van der Waals surface area (Å²) in [5, 5.41) is 0.875. The Kier molecular flexibility index (Phi) is 5.17. The summed E-state index contributed by atoms with van der Waals surface area (Å²) in [7, 11) is 0. The number of pyridine rings is 1. The molecule has 34 heavy (non-hydrogen) atoms. The number of aromatic nitrogens is 2. The van der Waals surface area contributed by atoms with Crippen molar-refractivity contribution < 1.29 is 27.5 Å². The molecule has 4 aromatic rings. The second kappa shape index (κ2) is 8.07. The van der Waals surface area contributed by atoms with Crippen molar-refractivity contribution in [3.8, 4) is 11.5 Å². The molecule has 1 aliphatic rings. The van der Waals surface area contributed by atoms with Gasteiger partial charge in [-0.05, 0) is 48.5 Å². The Bertz CT molecular complexity index is 1440. The molecule has 2 aromatic carbocycles. The van der Waals surface area contributed by atoms with Crippen LogP contribution in [0, 0.1) is 0 Å². The molecule has 0 radical (unpaired) electrons. The number of fused-ring (bicyclic) bond motifs is 1. The first-order valence-electron chi connectivity index (χ1n) is 9.93. The molecule has 11 heteroatoms. The highest BCUT2D eigenvalue weighted by atomic mass is 35.5. The van der Waals surface area contributed by atoms with Gasteiger partial charge in [0.25, 0.3) is 5.91 Å². The third-order valence-electron chi connectivity index (χ3n) is 5.26. The van der Waals surface area contributed by atoms with E-state index in [9.17, 15) is 22.8 Å². The Morgan fingerprint density at radius 1 is 1.00 bits per heavy atom. The number of nitrogens with zero attached hydrogens (tertiary/aromatic N) is 3. The molecule has 0 bridgehead atoms. The average Bonchev–Trinajstić information content (AvgIpc) is 3.39. The SMILES string of the molecule is O=C1CN(c2cccc(C(F)(F)F)c2)C(=O)N1c1ccc(Oc2ccnc3[nH]ccc23)c(Cl)c1. The molecule has 1 saturated heterocycles. The molecule has 1 fully saturated rings. The van der Waals surface area contributed by atoms with Crippen molar-refractivity contribution in [2.45, 2.75) is 6.18 Å². The molecule has 0 spiro atoms. The molecule has 0 aliphatic carbocycles. The third kappa shape index (κ3) is 3.81. The van der Waals surface area contributed by atoms with Crippen molar-refractivity contribution in [1.29, 1.82) is 0 Å². The number of alkyl halides is 3. The number of hydrogen-bond donors (Lipinski definition) is 1. The van der Waals surface area contributed by atoms with Crippen molar-refractivity contribution in [2.75, 3.05) is 16.3 Å². The van der Waals surface area contributed by atoms with Crippen molar-refractivity contribution >= 4 is 45.9 Å². The zero-order valence-electron chi connectivity index (χ0n) is 17.1. The van der Waals surface area contributed by atoms with E-state index in [-0.39, 0.29) is 22.1 Å². The van der Waals surface area contributed by atoms with Crippen molar-refractivity contribution in [3.63, 3.8) is 0 Å². The molecule has 0 unspecified atom stereocenters. The van der Waals surface area contributed by atoms with Gasteiger partial charge in [0.1, 0.15) is 23.7 Å². The molecule has 3 amide bonds. The highest BCUT2D eigenvalue weighted by molar-refractivity contribution is 6.33. The highest BCUT2D eigenvalue weighted by Crippen LogP contribution is 2.37. The number of urea groups is 1. The molecule has 2 aromatic heterocycles. The second-order valence-electron chi connectivity index (χ2n) is 7.41. The number of nitrogens with one attached hydrogen (secondary N) is 1. The van der Waals surface area contributed by atoms with Crippen LogP contribution in [0.25, 0.3) is 11.0 Å². The molecule has 0 atom stereocenters. The number of carbonyl (C=O) groups excluding carboxylic acids is 2. The number of carbonyl (C=O) groups is 2. The van der Waals surface area contributed by atoms with E-state index >= 15 is 0 Å². The lowest BCUT2D eigenvalue weighted by Crippen LogP contribution is -2.33. The first-order valence-corrected chi connectivity index (χ1v) is 10.3. The molecule has 1 N–H and O–H groups in total. The third-order valence-corrected chi connectivity index (χ3v) is 5.56. The molecular formula is C23H14ClF3N4O3. The number of hydrogen-bond acceptors (Lipinski definition) is 4. The Morgan fingerprint density at radius 2 is 1.82 bits per heavy atom. The lowest BCUT2D eigenvalue weighted by Gasteiger charge is -2.19. The van der Waals surface area contributed by atoms with Gasteiger partial charge < -0.3 is 9.72 Å². The molecule has 172 valence electrons. The predicted molar refractivity (Wildman–Crippen MR) is 119 cm³/mol. The van der Waals surface area contributed by atoms with Gasteiger partial charge in [0.05, 0.1) is 21.7 Å². The molecule has 0 saturated carbocycles. The van der Waals surface area contributed by atoms with Crippen LogP contribution in [0.15, 0.2) is 67.0 Å². The van der Waals surface area contributed by atoms with Crippen molar-refractivity contribution in [1.82, 2.24) is 9.97 Å². The van der Waals surface area contributed by atoms with Gasteiger partial charge in [-0.3, -0.25) is 9.69 Å². The lowest BCUT2D eigenvalue weighted by molar-refractivity contribution is -0.137. The number of benzene rings is 2. The minimum absolute atomic E-state index is 0.0325. The average molecular weight is 487 g/mol. The number of rotatable bonds is 4. The predicted octanol–water partition coefficient (Wildman–Crippen LogP) is 6.00. The Labute approximate surface area is 195 Å². The van der Waals surface area contributed by atoms with Gasteiger partial charge >= 0.3 is 12.2 Å². The van der Waals surface area contributed by atoms with Crippen LogP contribution in [-0.4, -0.2) is 28.5 Å². The molecule has 3 heterocycles. The van der Waals surface area contributed by atoms with Gasteiger partial charge in [-0.1, -0.05) is 17.7 Å². The lowest BCUT2D eigenvalue weighted by atomic mass is 10.2. The van der Waals surface area contributed by atoms with Gasteiger partial charge in [-0.15, -0.1) is 0 Å². The maximum Gasteiger partial charge on any atom is 0.416 e. The van der Waals surface area contributed by atoms with Crippen LogP contribution in [0.4, 0.5) is 29.3 Å². The van der Waals surface area contributed by atoms with E-state index < -0.39 is 30.2 Å². The Hall–Kier alpha value is -4.05. The van der Waals surface area contributed by atoms with E-state index in [1.54, 1.807) is 24.5 Å². The summed E-state index contributed by atoms with van der Waals surface area (Å²) in [6.07, 6.45) is -1.29. The highest BCUT2D eigenvalue weighted by Gasteiger charge is 2.39. The van der Waals surface area contributed by atoms with Crippen LogP contribution in [0.1, 0.15) is 5.56 Å². The van der Waals surface area contributed by atoms with Gasteiger partial charge in [-0.2, -0.15) is 13.2 Å². The Balaban J connectivity index is 1.41. The van der Waals surface area contributed by atoms with Gasteiger partial charge in [0.2, 0.25) is 0 Å². The van der Waals surface area contributed by atoms with E-state index in [0.29, 0.717) is 11.4 Å². The molecular weight excluding hydrogens is 473 g/mol. The fourth-order valence-electron chi connectivity index (χ4n) is 3.66. The summed E-state index contributed by atoms with van der Waals surface area (Å²) < 4.78 is 45.1. The first-order chi connectivity index (χ1) is 16.2. The first kappa shape index (κ1) is 21.8. The summed E-state index contributed by atoms with van der Waals surface area (Å²) in [4.78, 5) is 34.6. The molecule has 1 aliphatic heterocycles. The standard InChI is InChI=1S/C23H14ClF3N4O3/c24-17-11-15(4-5-19(17)34-18-7-9-29-21-16(18)6-8-28-21)31-20(32)12-30(22(31)33)14-3-1-2-13(10-14)23(25,26)27/h1-11H,12H2,(H,28,29). The van der Waals surface area contributed by atoms with E-state index in [4.69, 9.17) is 16.3 Å². The maximum atomic E-state index is 13.1. The van der Waals surface area contributed by atoms with E-state index in [1.807, 2.05) is 0 Å². The minimum atomic E-state index is -4.58. The number of halogens is 4.